The lowest BCUT2D eigenvalue weighted by molar-refractivity contribution is -2.00. The molecule has 2 aromatic rings. The highest BCUT2D eigenvalue weighted by Crippen LogP contribution is 2.38. The Hall–Kier alpha value is -2.37. The fraction of sp³-hybridized carbons (Fsp3) is 0.320. The minimum absolute atomic E-state index is 0.807. The van der Waals surface area contributed by atoms with Gasteiger partial charge in [-0.05, 0) is 53.2 Å². The fourth-order valence-corrected chi connectivity index (χ4v) is 4.87. The van der Waals surface area contributed by atoms with Crippen LogP contribution in [0.3, 0.4) is 0 Å². The summed E-state index contributed by atoms with van der Waals surface area (Å²) in [5, 5.41) is 1.32. The summed E-state index contributed by atoms with van der Waals surface area (Å²) in [5.74, 6) is 0. The van der Waals surface area contributed by atoms with Gasteiger partial charge in [0.1, 0.15) is 13.2 Å². The number of allylic oxidation sites excluding steroid dienone is 1. The molecule has 0 N–H and O–H groups in total. The van der Waals surface area contributed by atoms with E-state index >= 15 is 0 Å². The maximum Gasteiger partial charge on any atom is 0.239 e. The van der Waals surface area contributed by atoms with E-state index < -0.39 is 10.2 Å². The van der Waals surface area contributed by atoms with Crippen molar-refractivity contribution in [1.82, 2.24) is 0 Å². The number of benzene rings is 2. The second-order valence-corrected chi connectivity index (χ2v) is 10.2. The fourth-order valence-electron chi connectivity index (χ4n) is 3.72. The second kappa shape index (κ2) is 12.0. The Morgan fingerprint density at radius 1 is 0.771 bits per heavy atom. The average molecular weight is 520 g/mol. The molecule has 0 aliphatic carbocycles. The topological polar surface area (TPSA) is 111 Å². The first-order valence-corrected chi connectivity index (χ1v) is 13.0. The van der Waals surface area contributed by atoms with Gasteiger partial charge in [0.05, 0.1) is 0 Å². The maximum atomic E-state index is 8.49. The molecular formula is C25H30ClN3O5S. The third kappa shape index (κ3) is 8.08. The Kier molecular flexibility index (Phi) is 9.37. The van der Waals surface area contributed by atoms with Crippen LogP contribution in [0.25, 0.3) is 5.57 Å². The lowest BCUT2D eigenvalue weighted by Gasteiger charge is -2.17. The maximum absolute atomic E-state index is 8.49. The molecule has 0 bridgehead atoms. The number of hydrogen-bond donors (Lipinski definition) is 0. The number of anilines is 2. The van der Waals surface area contributed by atoms with Crippen molar-refractivity contribution in [2.45, 2.75) is 0 Å². The van der Waals surface area contributed by atoms with Gasteiger partial charge in [0.2, 0.25) is 5.04 Å². The number of morpholine rings is 1. The third-order valence-electron chi connectivity index (χ3n) is 5.51. The molecule has 8 nitrogen and oxygen atoms in total. The van der Waals surface area contributed by atoms with Gasteiger partial charge in [-0.15, -0.1) is 10.2 Å². The molecule has 0 atom stereocenters. The van der Waals surface area contributed by atoms with Gasteiger partial charge in [-0.3, -0.25) is 0 Å². The Balaban J connectivity index is 0.000000623. The normalized spacial score (nSPS) is 15.6. The standard InChI is InChI=1S/C25H30N3OS.ClHO4/c1-26(2)21-9-5-19(6-10-21)25(20-7-11-22(12-8-20)27(3)4)23-13-14-24(30-23)28-15-17-29-18-16-28;2-1(3,4)5/h5-14H,15-18H2,1-4H3;(H,2,3,4,5)/q+1;/p-1. The largest absolute Gasteiger partial charge is 0.378 e. The van der Waals surface area contributed by atoms with Gasteiger partial charge in [-0.25, -0.2) is 23.2 Å². The first-order chi connectivity index (χ1) is 16.5. The van der Waals surface area contributed by atoms with Crippen LogP contribution >= 0.6 is 11.8 Å². The Morgan fingerprint density at radius 2 is 1.20 bits per heavy atom. The first-order valence-electron chi connectivity index (χ1n) is 11.0. The highest BCUT2D eigenvalue weighted by molar-refractivity contribution is 8.18. The lowest BCUT2D eigenvalue weighted by atomic mass is 9.96. The summed E-state index contributed by atoms with van der Waals surface area (Å²) < 4.78 is 41.9. The van der Waals surface area contributed by atoms with Crippen molar-refractivity contribution in [3.05, 3.63) is 76.7 Å². The highest BCUT2D eigenvalue weighted by Gasteiger charge is 2.24. The molecule has 188 valence electrons. The molecule has 2 aliphatic rings. The molecule has 1 saturated heterocycles. The van der Waals surface area contributed by atoms with Crippen molar-refractivity contribution >= 4 is 33.8 Å². The van der Waals surface area contributed by atoms with Gasteiger partial charge in [-0.1, -0.05) is 24.3 Å². The van der Waals surface area contributed by atoms with E-state index in [2.05, 4.69) is 103 Å². The molecule has 10 heteroatoms. The molecule has 0 unspecified atom stereocenters. The molecule has 1 fully saturated rings. The first kappa shape index (κ1) is 27.2. The lowest BCUT2D eigenvalue weighted by Crippen LogP contribution is -2.68. The molecular weight excluding hydrogens is 490 g/mol. The van der Waals surface area contributed by atoms with Crippen LogP contribution in [0.1, 0.15) is 11.1 Å². The minimum Gasteiger partial charge on any atom is -0.378 e. The van der Waals surface area contributed by atoms with Gasteiger partial charge in [0.15, 0.2) is 13.1 Å². The SMILES string of the molecule is CN(C)c1ccc(C(=C2C=CC(=[N+]3CCOCC3)S2)c2ccc(N(C)C)cc2)cc1.[O-][Cl+3]([O-])([O-])[O-]. The number of ether oxygens (including phenoxy) is 1. The van der Waals surface area contributed by atoms with Crippen LogP contribution in [-0.4, -0.2) is 64.1 Å². The van der Waals surface area contributed by atoms with E-state index in [4.69, 9.17) is 23.4 Å². The van der Waals surface area contributed by atoms with Crippen LogP contribution in [0, 0.1) is 10.2 Å². The van der Waals surface area contributed by atoms with Crippen molar-refractivity contribution in [1.29, 1.82) is 0 Å². The summed E-state index contributed by atoms with van der Waals surface area (Å²) in [4.78, 5) is 5.57. The summed E-state index contributed by atoms with van der Waals surface area (Å²) >= 11 is 1.87. The average Bonchev–Trinajstić information content (AvgIpc) is 3.29. The summed E-state index contributed by atoms with van der Waals surface area (Å²) in [7, 11) is 3.36. The van der Waals surface area contributed by atoms with Crippen LogP contribution in [0.2, 0.25) is 0 Å². The van der Waals surface area contributed by atoms with Crippen molar-refractivity contribution in [3.8, 4) is 0 Å². The van der Waals surface area contributed by atoms with Crippen LogP contribution in [0.5, 0.6) is 0 Å². The van der Waals surface area contributed by atoms with E-state index in [1.54, 1.807) is 0 Å². The highest BCUT2D eigenvalue weighted by atomic mass is 35.7. The molecule has 0 aromatic heterocycles. The van der Waals surface area contributed by atoms with Gasteiger partial charge in [-0.2, -0.15) is 0 Å². The quantitative estimate of drug-likeness (QED) is 0.500. The smallest absolute Gasteiger partial charge is 0.239 e. The zero-order valence-electron chi connectivity index (χ0n) is 20.3. The van der Waals surface area contributed by atoms with Crippen molar-refractivity contribution < 1.29 is 38.2 Å². The van der Waals surface area contributed by atoms with Crippen LogP contribution in [0.15, 0.2) is 65.6 Å². The van der Waals surface area contributed by atoms with E-state index in [1.807, 2.05) is 11.8 Å². The zero-order chi connectivity index (χ0) is 25.6. The Labute approximate surface area is 212 Å². The van der Waals surface area contributed by atoms with Gasteiger partial charge in [0.25, 0.3) is 0 Å². The predicted molar refractivity (Wildman–Crippen MR) is 130 cm³/mol. The number of halogens is 1. The van der Waals surface area contributed by atoms with Crippen LogP contribution in [0.4, 0.5) is 11.4 Å². The van der Waals surface area contributed by atoms with E-state index in [0.29, 0.717) is 0 Å². The van der Waals surface area contributed by atoms with Crippen molar-refractivity contribution in [3.63, 3.8) is 0 Å². The Morgan fingerprint density at radius 3 is 1.60 bits per heavy atom. The van der Waals surface area contributed by atoms with E-state index in [0.717, 1.165) is 26.3 Å². The van der Waals surface area contributed by atoms with Gasteiger partial charge in [0, 0.05) is 56.1 Å². The number of rotatable bonds is 4. The van der Waals surface area contributed by atoms with E-state index in [-0.39, 0.29) is 0 Å². The number of nitrogens with zero attached hydrogens (tertiary/aromatic N) is 3. The molecule has 2 aliphatic heterocycles. The van der Waals surface area contributed by atoms with Crippen molar-refractivity contribution in [2.75, 3.05) is 64.3 Å². The molecule has 0 amide bonds. The molecule has 4 rings (SSSR count). The van der Waals surface area contributed by atoms with E-state index in [9.17, 15) is 0 Å². The molecule has 0 saturated carbocycles. The Bertz CT molecular complexity index is 1020. The molecule has 0 spiro atoms. The van der Waals surface area contributed by atoms with Gasteiger partial charge < -0.3 is 14.5 Å². The molecule has 2 heterocycles. The van der Waals surface area contributed by atoms with Crippen molar-refractivity contribution in [2.24, 2.45) is 0 Å². The second-order valence-electron chi connectivity index (χ2n) is 8.37. The third-order valence-corrected chi connectivity index (χ3v) is 6.67. The molecule has 35 heavy (non-hydrogen) atoms. The van der Waals surface area contributed by atoms with E-state index in [1.165, 1.54) is 38.0 Å². The minimum atomic E-state index is -4.94. The van der Waals surface area contributed by atoms with Gasteiger partial charge >= 0.3 is 0 Å². The summed E-state index contributed by atoms with van der Waals surface area (Å²) in [6.07, 6.45) is 4.53. The number of hydrogen-bond acceptors (Lipinski definition) is 8. The predicted octanol–water partition coefficient (Wildman–Crippen LogP) is -0.434. The molecule has 0 radical (unpaired) electrons. The zero-order valence-corrected chi connectivity index (χ0v) is 21.8. The summed E-state index contributed by atoms with van der Waals surface area (Å²) in [6.45, 7) is 3.54. The van der Waals surface area contributed by atoms with Crippen LogP contribution in [-0.2, 0) is 4.74 Å². The molecule has 2 aromatic carbocycles. The summed E-state index contributed by atoms with van der Waals surface area (Å²) in [6, 6.07) is 17.7. The van der Waals surface area contributed by atoms with Crippen LogP contribution < -0.4 is 28.4 Å². The summed E-state index contributed by atoms with van der Waals surface area (Å²) in [5.41, 5.74) is 6.19. The monoisotopic (exact) mass is 519 g/mol. The number of thioether (sulfide) groups is 1.